The predicted molar refractivity (Wildman–Crippen MR) is 59.7 cm³/mol. The highest BCUT2D eigenvalue weighted by Gasteiger charge is 2.10. The molecule has 5 nitrogen and oxygen atoms in total. The summed E-state index contributed by atoms with van der Waals surface area (Å²) >= 11 is 0. The van der Waals surface area contributed by atoms with Gasteiger partial charge in [0.05, 0.1) is 13.1 Å². The molecule has 1 amide bonds. The van der Waals surface area contributed by atoms with E-state index in [1.807, 2.05) is 18.0 Å². The number of aliphatic hydroxyl groups is 1. The van der Waals surface area contributed by atoms with Gasteiger partial charge in [-0.25, -0.2) is 0 Å². The van der Waals surface area contributed by atoms with Crippen molar-refractivity contribution in [1.29, 1.82) is 0 Å². The molecule has 0 unspecified atom stereocenters. The van der Waals surface area contributed by atoms with Crippen LogP contribution in [0.5, 0.6) is 0 Å². The first kappa shape index (κ1) is 12.7. The maximum absolute atomic E-state index is 11.4. The van der Waals surface area contributed by atoms with E-state index >= 15 is 0 Å². The van der Waals surface area contributed by atoms with E-state index in [4.69, 9.17) is 9.52 Å². The maximum Gasteiger partial charge on any atom is 0.236 e. The molecule has 1 N–H and O–H groups in total. The van der Waals surface area contributed by atoms with Crippen LogP contribution in [0.4, 0.5) is 0 Å². The van der Waals surface area contributed by atoms with Crippen LogP contribution >= 0.6 is 0 Å². The fourth-order valence-corrected chi connectivity index (χ4v) is 1.29. The summed E-state index contributed by atoms with van der Waals surface area (Å²) in [7, 11) is 5.31. The number of hydrogen-bond donors (Lipinski definition) is 1. The number of aliphatic hydroxyl groups excluding tert-OH is 1. The Morgan fingerprint density at radius 2 is 1.94 bits per heavy atom. The largest absolute Gasteiger partial charge is 0.462 e. The standard InChI is InChI=1S/C11H18N2O3/c1-12(2)11(15)7-13(3)6-9-4-5-10(8-14)16-9/h4-5,14H,6-8H2,1-3H3. The molecule has 0 aromatic carbocycles. The van der Waals surface area contributed by atoms with Crippen LogP contribution in [0.3, 0.4) is 0 Å². The molecule has 0 saturated carbocycles. The highest BCUT2D eigenvalue weighted by molar-refractivity contribution is 5.77. The first-order chi connectivity index (χ1) is 7.52. The van der Waals surface area contributed by atoms with E-state index in [0.717, 1.165) is 5.76 Å². The topological polar surface area (TPSA) is 56.9 Å². The number of likely N-dealkylation sites (N-methyl/N-ethyl adjacent to an activating group) is 2. The minimum atomic E-state index is -0.0969. The van der Waals surface area contributed by atoms with Crippen molar-refractivity contribution < 1.29 is 14.3 Å². The molecule has 0 bridgehead atoms. The average Bonchev–Trinajstić information content (AvgIpc) is 2.65. The quantitative estimate of drug-likeness (QED) is 0.784. The highest BCUT2D eigenvalue weighted by atomic mass is 16.4. The van der Waals surface area contributed by atoms with Crippen molar-refractivity contribution in [3.63, 3.8) is 0 Å². The Kier molecular flexibility index (Phi) is 4.52. The van der Waals surface area contributed by atoms with Crippen LogP contribution in [-0.2, 0) is 17.9 Å². The number of carbonyl (C=O) groups excluding carboxylic acids is 1. The second kappa shape index (κ2) is 5.67. The van der Waals surface area contributed by atoms with Crippen LogP contribution in [0.15, 0.2) is 16.5 Å². The van der Waals surface area contributed by atoms with Gasteiger partial charge in [0.15, 0.2) is 0 Å². The SMILES string of the molecule is CN(CC(=O)N(C)C)Cc1ccc(CO)o1. The fraction of sp³-hybridized carbons (Fsp3) is 0.545. The van der Waals surface area contributed by atoms with Gasteiger partial charge in [0, 0.05) is 14.1 Å². The summed E-state index contributed by atoms with van der Waals surface area (Å²) in [6, 6.07) is 3.54. The van der Waals surface area contributed by atoms with Crippen molar-refractivity contribution in [2.45, 2.75) is 13.2 Å². The highest BCUT2D eigenvalue weighted by Crippen LogP contribution is 2.09. The van der Waals surface area contributed by atoms with Crippen molar-refractivity contribution in [3.05, 3.63) is 23.7 Å². The Labute approximate surface area is 95.3 Å². The molecule has 1 heterocycles. The zero-order valence-electron chi connectivity index (χ0n) is 9.93. The van der Waals surface area contributed by atoms with Crippen LogP contribution in [0.2, 0.25) is 0 Å². The molecule has 0 aliphatic rings. The van der Waals surface area contributed by atoms with E-state index in [1.165, 1.54) is 0 Å². The number of carbonyl (C=O) groups is 1. The van der Waals surface area contributed by atoms with E-state index in [-0.39, 0.29) is 12.5 Å². The summed E-state index contributed by atoms with van der Waals surface area (Å²) in [5, 5.41) is 8.84. The first-order valence-corrected chi connectivity index (χ1v) is 5.10. The first-order valence-electron chi connectivity index (χ1n) is 5.10. The van der Waals surface area contributed by atoms with Gasteiger partial charge in [0.25, 0.3) is 0 Å². The van der Waals surface area contributed by atoms with Crippen molar-refractivity contribution in [3.8, 4) is 0 Å². The summed E-state index contributed by atoms with van der Waals surface area (Å²) in [6.07, 6.45) is 0. The molecule has 0 aliphatic heterocycles. The van der Waals surface area contributed by atoms with Gasteiger partial charge >= 0.3 is 0 Å². The number of rotatable bonds is 5. The Hall–Kier alpha value is -1.33. The minimum Gasteiger partial charge on any atom is -0.462 e. The molecule has 0 saturated heterocycles. The molecule has 1 rings (SSSR count). The summed E-state index contributed by atoms with van der Waals surface area (Å²) in [5.41, 5.74) is 0. The monoisotopic (exact) mass is 226 g/mol. The van der Waals surface area contributed by atoms with E-state index in [9.17, 15) is 4.79 Å². The Morgan fingerprint density at radius 3 is 2.44 bits per heavy atom. The Morgan fingerprint density at radius 1 is 1.31 bits per heavy atom. The number of furan rings is 1. The average molecular weight is 226 g/mol. The summed E-state index contributed by atoms with van der Waals surface area (Å²) in [6.45, 7) is 0.808. The van der Waals surface area contributed by atoms with Crippen LogP contribution in [-0.4, -0.2) is 48.5 Å². The van der Waals surface area contributed by atoms with Crippen LogP contribution in [0.25, 0.3) is 0 Å². The Balaban J connectivity index is 2.45. The lowest BCUT2D eigenvalue weighted by Crippen LogP contribution is -2.33. The zero-order chi connectivity index (χ0) is 12.1. The second-order valence-electron chi connectivity index (χ2n) is 3.99. The molecule has 1 aromatic heterocycles. The van der Waals surface area contributed by atoms with Crippen molar-refractivity contribution in [2.75, 3.05) is 27.7 Å². The predicted octanol–water partition coefficient (Wildman–Crippen LogP) is 0.292. The van der Waals surface area contributed by atoms with Gasteiger partial charge in [-0.3, -0.25) is 9.69 Å². The van der Waals surface area contributed by atoms with E-state index < -0.39 is 0 Å². The van der Waals surface area contributed by atoms with E-state index in [0.29, 0.717) is 18.8 Å². The minimum absolute atomic E-state index is 0.0523. The van der Waals surface area contributed by atoms with Gasteiger partial charge < -0.3 is 14.4 Å². The van der Waals surface area contributed by atoms with Crippen LogP contribution in [0.1, 0.15) is 11.5 Å². The third kappa shape index (κ3) is 3.67. The third-order valence-corrected chi connectivity index (χ3v) is 2.20. The zero-order valence-corrected chi connectivity index (χ0v) is 9.93. The second-order valence-corrected chi connectivity index (χ2v) is 3.99. The number of hydrogen-bond acceptors (Lipinski definition) is 4. The van der Waals surface area contributed by atoms with Crippen LogP contribution in [0, 0.1) is 0 Å². The molecular formula is C11H18N2O3. The normalized spacial score (nSPS) is 10.8. The van der Waals surface area contributed by atoms with Gasteiger partial charge in [-0.05, 0) is 19.2 Å². The molecule has 0 fully saturated rings. The summed E-state index contributed by atoms with van der Waals surface area (Å²) in [4.78, 5) is 14.8. The molecule has 1 aromatic rings. The van der Waals surface area contributed by atoms with E-state index in [2.05, 4.69) is 0 Å². The van der Waals surface area contributed by atoms with Gasteiger partial charge in [-0.15, -0.1) is 0 Å². The van der Waals surface area contributed by atoms with Crippen molar-refractivity contribution >= 4 is 5.91 Å². The molecule has 0 spiro atoms. The molecule has 5 heteroatoms. The van der Waals surface area contributed by atoms with Crippen molar-refractivity contribution in [1.82, 2.24) is 9.80 Å². The number of amides is 1. The molecule has 0 atom stereocenters. The number of nitrogens with zero attached hydrogens (tertiary/aromatic N) is 2. The lowest BCUT2D eigenvalue weighted by Gasteiger charge is -2.17. The van der Waals surface area contributed by atoms with Gasteiger partial charge in [-0.2, -0.15) is 0 Å². The lowest BCUT2D eigenvalue weighted by molar-refractivity contribution is -0.129. The molecular weight excluding hydrogens is 208 g/mol. The summed E-state index contributed by atoms with van der Waals surface area (Å²) < 4.78 is 5.33. The van der Waals surface area contributed by atoms with E-state index in [1.54, 1.807) is 25.1 Å². The third-order valence-electron chi connectivity index (χ3n) is 2.20. The molecule has 0 radical (unpaired) electrons. The maximum atomic E-state index is 11.4. The molecule has 0 aliphatic carbocycles. The molecule has 90 valence electrons. The van der Waals surface area contributed by atoms with Crippen molar-refractivity contribution in [2.24, 2.45) is 0 Å². The fourth-order valence-electron chi connectivity index (χ4n) is 1.29. The van der Waals surface area contributed by atoms with Gasteiger partial charge in [-0.1, -0.05) is 0 Å². The van der Waals surface area contributed by atoms with Crippen LogP contribution < -0.4 is 0 Å². The van der Waals surface area contributed by atoms with Gasteiger partial charge in [0.1, 0.15) is 18.1 Å². The molecule has 16 heavy (non-hydrogen) atoms. The lowest BCUT2D eigenvalue weighted by atomic mass is 10.4. The van der Waals surface area contributed by atoms with Gasteiger partial charge in [0.2, 0.25) is 5.91 Å². The Bertz CT molecular complexity index is 347. The smallest absolute Gasteiger partial charge is 0.236 e. The summed E-state index contributed by atoms with van der Waals surface area (Å²) in [5.74, 6) is 1.34.